The number of carbonyl (C=O) groups is 1. The molecule has 0 saturated carbocycles. The summed E-state index contributed by atoms with van der Waals surface area (Å²) in [4.78, 5) is 23.1. The minimum atomic E-state index is -0.151. The Kier molecular flexibility index (Phi) is 6.05. The van der Waals surface area contributed by atoms with Gasteiger partial charge < -0.3 is 14.8 Å². The maximum Gasteiger partial charge on any atom is 0.261 e. The van der Waals surface area contributed by atoms with E-state index < -0.39 is 0 Å². The molecule has 3 rings (SSSR count). The molecule has 1 aromatic carbocycles. The maximum absolute atomic E-state index is 12.8. The zero-order valence-electron chi connectivity index (χ0n) is 16.5. The van der Waals surface area contributed by atoms with Crippen LogP contribution in [-0.2, 0) is 6.54 Å². The maximum atomic E-state index is 12.8. The van der Waals surface area contributed by atoms with Crippen LogP contribution in [0.25, 0.3) is 10.2 Å². The molecule has 3 aromatic rings. The van der Waals surface area contributed by atoms with Crippen molar-refractivity contribution >= 4 is 39.1 Å². The van der Waals surface area contributed by atoms with Crippen molar-refractivity contribution in [1.82, 2.24) is 15.3 Å². The summed E-state index contributed by atoms with van der Waals surface area (Å²) in [6.45, 7) is 8.40. The van der Waals surface area contributed by atoms with E-state index in [1.54, 1.807) is 13.2 Å². The third-order valence-corrected chi connectivity index (χ3v) is 5.79. The Bertz CT molecular complexity index is 1050. The van der Waals surface area contributed by atoms with Crippen LogP contribution in [0.1, 0.15) is 39.2 Å². The van der Waals surface area contributed by atoms with Crippen molar-refractivity contribution in [2.45, 2.75) is 34.2 Å². The molecule has 0 fully saturated rings. The third kappa shape index (κ3) is 3.91. The standard InChI is InChI=1S/C20H22ClN3O3S/c1-6-27-17-14(21)7-13(8-15(17)26-5)9-22-19(25)18-10(2)16-11(3)23-12(4)24-20(16)28-18/h7-8H,6,9H2,1-5H3,(H,22,25). The van der Waals surface area contributed by atoms with E-state index in [1.807, 2.05) is 33.8 Å². The fraction of sp³-hybridized carbons (Fsp3) is 0.350. The minimum absolute atomic E-state index is 0.151. The number of nitrogens with one attached hydrogen (secondary N) is 1. The molecule has 28 heavy (non-hydrogen) atoms. The van der Waals surface area contributed by atoms with Crippen LogP contribution in [0.3, 0.4) is 0 Å². The van der Waals surface area contributed by atoms with Crippen LogP contribution < -0.4 is 14.8 Å². The quantitative estimate of drug-likeness (QED) is 0.631. The Morgan fingerprint density at radius 2 is 2.00 bits per heavy atom. The van der Waals surface area contributed by atoms with Gasteiger partial charge in [-0.05, 0) is 51.0 Å². The molecule has 0 saturated heterocycles. The summed E-state index contributed by atoms with van der Waals surface area (Å²) < 4.78 is 10.9. The van der Waals surface area contributed by atoms with Crippen LogP contribution in [-0.4, -0.2) is 29.6 Å². The van der Waals surface area contributed by atoms with Crippen molar-refractivity contribution in [2.75, 3.05) is 13.7 Å². The van der Waals surface area contributed by atoms with E-state index in [4.69, 9.17) is 21.1 Å². The molecule has 2 heterocycles. The number of hydrogen-bond acceptors (Lipinski definition) is 6. The molecule has 0 aliphatic carbocycles. The van der Waals surface area contributed by atoms with E-state index in [0.717, 1.165) is 27.0 Å². The largest absolute Gasteiger partial charge is 0.493 e. The highest BCUT2D eigenvalue weighted by Gasteiger charge is 2.19. The zero-order valence-corrected chi connectivity index (χ0v) is 18.0. The summed E-state index contributed by atoms with van der Waals surface area (Å²) in [5.74, 6) is 1.60. The summed E-state index contributed by atoms with van der Waals surface area (Å²) >= 11 is 7.69. The van der Waals surface area contributed by atoms with Gasteiger partial charge in [-0.3, -0.25) is 4.79 Å². The summed E-state index contributed by atoms with van der Waals surface area (Å²) in [6.07, 6.45) is 0. The molecule has 0 radical (unpaired) electrons. The van der Waals surface area contributed by atoms with Gasteiger partial charge in [0, 0.05) is 17.6 Å². The number of carbonyl (C=O) groups excluding carboxylic acids is 1. The van der Waals surface area contributed by atoms with Gasteiger partial charge in [-0.25, -0.2) is 9.97 Å². The Hall–Kier alpha value is -2.38. The second kappa shape index (κ2) is 8.32. The lowest BCUT2D eigenvalue weighted by Gasteiger charge is -2.13. The second-order valence-corrected chi connectivity index (χ2v) is 7.72. The van der Waals surface area contributed by atoms with E-state index in [9.17, 15) is 4.79 Å². The number of thiophene rings is 1. The number of aromatic nitrogens is 2. The summed E-state index contributed by atoms with van der Waals surface area (Å²) in [5, 5.41) is 4.35. The van der Waals surface area contributed by atoms with Crippen molar-refractivity contribution in [3.05, 3.63) is 44.7 Å². The third-order valence-electron chi connectivity index (χ3n) is 4.32. The van der Waals surface area contributed by atoms with Gasteiger partial charge in [0.15, 0.2) is 11.5 Å². The Morgan fingerprint density at radius 1 is 1.25 bits per heavy atom. The molecular formula is C20H22ClN3O3S. The lowest BCUT2D eigenvalue weighted by Crippen LogP contribution is -2.22. The first kappa shape index (κ1) is 20.4. The SMILES string of the molecule is CCOc1c(Cl)cc(CNC(=O)c2sc3nc(C)nc(C)c3c2C)cc1OC. The number of hydrogen-bond donors (Lipinski definition) is 1. The number of ether oxygens (including phenoxy) is 2. The van der Waals surface area contributed by atoms with Gasteiger partial charge in [-0.15, -0.1) is 11.3 Å². The zero-order chi connectivity index (χ0) is 20.4. The van der Waals surface area contributed by atoms with E-state index in [2.05, 4.69) is 15.3 Å². The molecule has 2 aromatic heterocycles. The molecule has 0 bridgehead atoms. The first-order valence-electron chi connectivity index (χ1n) is 8.87. The van der Waals surface area contributed by atoms with Gasteiger partial charge in [0.25, 0.3) is 5.91 Å². The van der Waals surface area contributed by atoms with Crippen LogP contribution >= 0.6 is 22.9 Å². The van der Waals surface area contributed by atoms with E-state index in [0.29, 0.717) is 40.4 Å². The summed E-state index contributed by atoms with van der Waals surface area (Å²) in [5.41, 5.74) is 2.61. The number of amides is 1. The Labute approximate surface area is 172 Å². The van der Waals surface area contributed by atoms with E-state index in [-0.39, 0.29) is 5.91 Å². The number of halogens is 1. The molecule has 0 spiro atoms. The van der Waals surface area contributed by atoms with Crippen LogP contribution in [0.5, 0.6) is 11.5 Å². The van der Waals surface area contributed by atoms with Crippen molar-refractivity contribution in [2.24, 2.45) is 0 Å². The number of nitrogens with zero attached hydrogens (tertiary/aromatic N) is 2. The topological polar surface area (TPSA) is 73.3 Å². The average Bonchev–Trinajstić information content (AvgIpc) is 2.98. The second-order valence-electron chi connectivity index (χ2n) is 6.32. The lowest BCUT2D eigenvalue weighted by molar-refractivity contribution is 0.0954. The first-order chi connectivity index (χ1) is 13.3. The number of fused-ring (bicyclic) bond motifs is 1. The van der Waals surface area contributed by atoms with Crippen LogP contribution in [0.4, 0.5) is 0 Å². The molecule has 0 atom stereocenters. The highest BCUT2D eigenvalue weighted by molar-refractivity contribution is 7.20. The molecule has 148 valence electrons. The fourth-order valence-electron chi connectivity index (χ4n) is 3.11. The van der Waals surface area contributed by atoms with Crippen molar-refractivity contribution in [3.8, 4) is 11.5 Å². The molecular weight excluding hydrogens is 398 g/mol. The monoisotopic (exact) mass is 419 g/mol. The van der Waals surface area contributed by atoms with Crippen LogP contribution in [0, 0.1) is 20.8 Å². The minimum Gasteiger partial charge on any atom is -0.493 e. The molecule has 0 unspecified atom stereocenters. The number of benzene rings is 1. The van der Waals surface area contributed by atoms with E-state index in [1.165, 1.54) is 11.3 Å². The number of methoxy groups -OCH3 is 1. The van der Waals surface area contributed by atoms with Gasteiger partial charge in [0.05, 0.1) is 23.6 Å². The fourth-order valence-corrected chi connectivity index (χ4v) is 4.59. The molecule has 0 aliphatic heterocycles. The predicted octanol–water partition coefficient (Wildman–Crippen LogP) is 4.61. The van der Waals surface area contributed by atoms with Crippen LogP contribution in [0.2, 0.25) is 5.02 Å². The van der Waals surface area contributed by atoms with Crippen LogP contribution in [0.15, 0.2) is 12.1 Å². The molecule has 1 N–H and O–H groups in total. The summed E-state index contributed by atoms with van der Waals surface area (Å²) in [6, 6.07) is 3.58. The molecule has 6 nitrogen and oxygen atoms in total. The first-order valence-corrected chi connectivity index (χ1v) is 10.1. The smallest absolute Gasteiger partial charge is 0.261 e. The number of rotatable bonds is 6. The van der Waals surface area contributed by atoms with Gasteiger partial charge >= 0.3 is 0 Å². The van der Waals surface area contributed by atoms with Crippen molar-refractivity contribution < 1.29 is 14.3 Å². The highest BCUT2D eigenvalue weighted by Crippen LogP contribution is 2.36. The normalized spacial score (nSPS) is 10.9. The molecule has 1 amide bonds. The number of aryl methyl sites for hydroxylation is 3. The van der Waals surface area contributed by atoms with E-state index >= 15 is 0 Å². The average molecular weight is 420 g/mol. The molecule has 8 heteroatoms. The Balaban J connectivity index is 1.83. The highest BCUT2D eigenvalue weighted by atomic mass is 35.5. The van der Waals surface area contributed by atoms with Crippen molar-refractivity contribution in [1.29, 1.82) is 0 Å². The Morgan fingerprint density at radius 3 is 2.68 bits per heavy atom. The lowest BCUT2D eigenvalue weighted by atomic mass is 10.1. The van der Waals surface area contributed by atoms with Gasteiger partial charge in [-0.1, -0.05) is 11.6 Å². The predicted molar refractivity (Wildman–Crippen MR) is 112 cm³/mol. The van der Waals surface area contributed by atoms with Gasteiger partial charge in [0.1, 0.15) is 10.7 Å². The molecule has 0 aliphatic rings. The van der Waals surface area contributed by atoms with Gasteiger partial charge in [0.2, 0.25) is 0 Å². The van der Waals surface area contributed by atoms with Gasteiger partial charge in [-0.2, -0.15) is 0 Å². The summed E-state index contributed by atoms with van der Waals surface area (Å²) in [7, 11) is 1.56. The van der Waals surface area contributed by atoms with Crippen molar-refractivity contribution in [3.63, 3.8) is 0 Å².